The first kappa shape index (κ1) is 29.6. The highest BCUT2D eigenvalue weighted by Gasteiger charge is 2.31. The Morgan fingerprint density at radius 1 is 0.697 bits per heavy atom. The Hall–Kier alpha value is -3.40. The van der Waals surface area contributed by atoms with E-state index in [1.54, 1.807) is 0 Å². The maximum Gasteiger partial charge on any atom is 0.327 e. The van der Waals surface area contributed by atoms with Gasteiger partial charge in [0.05, 0.1) is 12.5 Å². The van der Waals surface area contributed by atoms with Crippen molar-refractivity contribution < 1.29 is 38.7 Å². The minimum atomic E-state index is -1.56. The number of amides is 6. The molecule has 0 heterocycles. The fraction of sp³-hybridized carbons (Fsp3) is 0.588. The maximum absolute atomic E-state index is 12.7. The van der Waals surface area contributed by atoms with Crippen LogP contribution in [-0.2, 0) is 33.6 Å². The highest BCUT2D eigenvalue weighted by Crippen LogP contribution is 2.03. The molecule has 186 valence electrons. The maximum atomic E-state index is 12.7. The van der Waals surface area contributed by atoms with E-state index in [1.807, 2.05) is 0 Å². The number of nitrogens with two attached hydrogens (primary N) is 4. The number of carbonyl (C=O) groups excluding carboxylic acids is 6. The Labute approximate surface area is 194 Å². The third kappa shape index (κ3) is 12.3. The van der Waals surface area contributed by atoms with Gasteiger partial charge in [0.2, 0.25) is 35.4 Å². The summed E-state index contributed by atoms with van der Waals surface area (Å²) >= 11 is 3.81. The lowest BCUT2D eigenvalue weighted by Crippen LogP contribution is -2.58. The molecule has 4 atom stereocenters. The molecule has 0 unspecified atom stereocenters. The molecule has 0 saturated carbocycles. The number of carboxylic acids is 1. The summed E-state index contributed by atoms with van der Waals surface area (Å²) in [6, 6.07) is -5.62. The van der Waals surface area contributed by atoms with Gasteiger partial charge in [-0.05, 0) is 12.8 Å². The van der Waals surface area contributed by atoms with Gasteiger partial charge in [-0.15, -0.1) is 0 Å². The highest BCUT2D eigenvalue weighted by molar-refractivity contribution is 7.80. The Kier molecular flexibility index (Phi) is 13.1. The third-order valence-electron chi connectivity index (χ3n) is 4.19. The number of primary amides is 3. The Morgan fingerprint density at radius 3 is 1.61 bits per heavy atom. The van der Waals surface area contributed by atoms with E-state index in [0.29, 0.717) is 0 Å². The molecule has 0 radical (unpaired) electrons. The van der Waals surface area contributed by atoms with Crippen molar-refractivity contribution in [2.24, 2.45) is 22.9 Å². The van der Waals surface area contributed by atoms with Crippen molar-refractivity contribution >= 4 is 54.0 Å². The summed E-state index contributed by atoms with van der Waals surface area (Å²) < 4.78 is 0. The quantitative estimate of drug-likeness (QED) is 0.0935. The largest absolute Gasteiger partial charge is 0.480 e. The van der Waals surface area contributed by atoms with E-state index in [9.17, 15) is 33.6 Å². The van der Waals surface area contributed by atoms with Crippen LogP contribution in [0.15, 0.2) is 0 Å². The Balaban J connectivity index is 5.47. The first-order chi connectivity index (χ1) is 15.3. The fourth-order valence-electron chi connectivity index (χ4n) is 2.40. The van der Waals surface area contributed by atoms with E-state index in [2.05, 4.69) is 28.6 Å². The van der Waals surface area contributed by atoms with Crippen LogP contribution in [0.4, 0.5) is 0 Å². The molecule has 15 nitrogen and oxygen atoms in total. The monoisotopic (exact) mass is 491 g/mol. The average molecular weight is 492 g/mol. The van der Waals surface area contributed by atoms with Crippen LogP contribution in [0.25, 0.3) is 0 Å². The van der Waals surface area contributed by atoms with Gasteiger partial charge in [0.25, 0.3) is 0 Å². The van der Waals surface area contributed by atoms with Crippen molar-refractivity contribution in [2.75, 3.05) is 5.75 Å². The number of carboxylic acid groups (broad SMARTS) is 1. The van der Waals surface area contributed by atoms with Crippen molar-refractivity contribution in [1.29, 1.82) is 0 Å². The van der Waals surface area contributed by atoms with Gasteiger partial charge in [-0.25, -0.2) is 4.79 Å². The van der Waals surface area contributed by atoms with Crippen molar-refractivity contribution in [3.05, 3.63) is 0 Å². The summed E-state index contributed by atoms with van der Waals surface area (Å²) in [5.41, 5.74) is 20.8. The summed E-state index contributed by atoms with van der Waals surface area (Å²) in [6.07, 6.45) is -1.65. The second-order valence-electron chi connectivity index (χ2n) is 6.99. The minimum Gasteiger partial charge on any atom is -0.480 e. The van der Waals surface area contributed by atoms with Gasteiger partial charge in [0, 0.05) is 18.6 Å². The number of hydrogen-bond donors (Lipinski definition) is 9. The van der Waals surface area contributed by atoms with Gasteiger partial charge in [0.15, 0.2) is 0 Å². The van der Waals surface area contributed by atoms with Crippen LogP contribution in [0.3, 0.4) is 0 Å². The van der Waals surface area contributed by atoms with Crippen LogP contribution >= 0.6 is 12.6 Å². The van der Waals surface area contributed by atoms with Crippen LogP contribution in [0.2, 0.25) is 0 Å². The van der Waals surface area contributed by atoms with E-state index in [4.69, 9.17) is 28.0 Å². The SMILES string of the molecule is NC(=O)CC[C@H](NC(=O)[C@H](CC(N)=O)NC(=O)[C@@H](N)CCC(N)=O)C(=O)N[C@@H](CS)C(=O)O. The number of rotatable bonds is 16. The molecule has 16 heteroatoms. The van der Waals surface area contributed by atoms with Crippen LogP contribution < -0.4 is 38.9 Å². The van der Waals surface area contributed by atoms with Crippen LogP contribution in [-0.4, -0.2) is 76.4 Å². The number of thiol groups is 1. The standard InChI is InChI=1S/C17H29N7O8S/c18-7(1-3-11(19)25)14(28)23-9(5-13(21)27)16(30)22-8(2-4-12(20)26)15(29)24-10(6-33)17(31)32/h7-10,33H,1-6,18H2,(H2,19,25)(H2,20,26)(H2,21,27)(H,22,30)(H,23,28)(H,24,29)(H,31,32)/t7-,8-,9-,10-/m0/s1. The van der Waals surface area contributed by atoms with Crippen molar-refractivity contribution in [1.82, 2.24) is 16.0 Å². The molecule has 0 aromatic carbocycles. The van der Waals surface area contributed by atoms with E-state index in [-0.39, 0.29) is 31.4 Å². The minimum absolute atomic E-state index is 0.129. The molecule has 6 amide bonds. The molecule has 33 heavy (non-hydrogen) atoms. The number of carbonyl (C=O) groups is 7. The predicted molar refractivity (Wildman–Crippen MR) is 116 cm³/mol. The van der Waals surface area contributed by atoms with Crippen LogP contribution in [0.1, 0.15) is 32.1 Å². The smallest absolute Gasteiger partial charge is 0.327 e. The zero-order valence-corrected chi connectivity index (χ0v) is 18.5. The molecule has 0 aromatic rings. The first-order valence-corrected chi connectivity index (χ1v) is 10.3. The summed E-state index contributed by atoms with van der Waals surface area (Å²) in [5.74, 6) is -7.01. The first-order valence-electron chi connectivity index (χ1n) is 9.63. The molecule has 0 rings (SSSR count). The van der Waals surface area contributed by atoms with Gasteiger partial charge >= 0.3 is 5.97 Å². The second-order valence-corrected chi connectivity index (χ2v) is 7.36. The molecule has 0 fully saturated rings. The normalized spacial score (nSPS) is 14.1. The second kappa shape index (κ2) is 14.6. The lowest BCUT2D eigenvalue weighted by molar-refractivity contribution is -0.142. The molecular formula is C17H29N7O8S. The Morgan fingerprint density at radius 2 is 1.15 bits per heavy atom. The van der Waals surface area contributed by atoms with E-state index in [0.717, 1.165) is 0 Å². The molecule has 0 saturated heterocycles. The van der Waals surface area contributed by atoms with Crippen molar-refractivity contribution in [3.63, 3.8) is 0 Å². The molecule has 0 bridgehead atoms. The van der Waals surface area contributed by atoms with E-state index >= 15 is 0 Å². The lowest BCUT2D eigenvalue weighted by Gasteiger charge is -2.24. The van der Waals surface area contributed by atoms with Gasteiger partial charge in [-0.1, -0.05) is 0 Å². The molecule has 0 aliphatic carbocycles. The highest BCUT2D eigenvalue weighted by atomic mass is 32.1. The van der Waals surface area contributed by atoms with Crippen molar-refractivity contribution in [2.45, 2.75) is 56.3 Å². The Bertz CT molecular complexity index is 778. The van der Waals surface area contributed by atoms with E-state index in [1.165, 1.54) is 0 Å². The number of aliphatic carboxylic acids is 1. The molecule has 0 aliphatic rings. The fourth-order valence-corrected chi connectivity index (χ4v) is 2.65. The van der Waals surface area contributed by atoms with Gasteiger partial charge in [-0.3, -0.25) is 28.8 Å². The molecular weight excluding hydrogens is 462 g/mol. The summed E-state index contributed by atoms with van der Waals surface area (Å²) in [4.78, 5) is 81.8. The summed E-state index contributed by atoms with van der Waals surface area (Å²) in [5, 5.41) is 15.6. The topological polar surface area (TPSA) is 280 Å². The lowest BCUT2D eigenvalue weighted by atomic mass is 10.1. The van der Waals surface area contributed by atoms with Crippen LogP contribution in [0.5, 0.6) is 0 Å². The molecule has 0 aliphatic heterocycles. The molecule has 0 aromatic heterocycles. The third-order valence-corrected chi connectivity index (χ3v) is 4.55. The average Bonchev–Trinajstić information content (AvgIpc) is 2.71. The van der Waals surface area contributed by atoms with Crippen LogP contribution in [0, 0.1) is 0 Å². The predicted octanol–water partition coefficient (Wildman–Crippen LogP) is -4.81. The van der Waals surface area contributed by atoms with Gasteiger partial charge in [0.1, 0.15) is 18.1 Å². The van der Waals surface area contributed by atoms with Crippen molar-refractivity contribution in [3.8, 4) is 0 Å². The van der Waals surface area contributed by atoms with E-state index < -0.39 is 72.0 Å². The summed E-state index contributed by atoms with van der Waals surface area (Å²) in [6.45, 7) is 0. The molecule has 12 N–H and O–H groups in total. The van der Waals surface area contributed by atoms with Gasteiger partial charge in [-0.2, -0.15) is 12.6 Å². The van der Waals surface area contributed by atoms with Gasteiger partial charge < -0.3 is 44.0 Å². The zero-order valence-electron chi connectivity index (χ0n) is 17.6. The zero-order chi connectivity index (χ0) is 25.7. The number of nitrogens with one attached hydrogen (secondary N) is 3. The molecule has 0 spiro atoms. The summed E-state index contributed by atoms with van der Waals surface area (Å²) in [7, 11) is 0. The number of hydrogen-bond acceptors (Lipinski definition) is 9.